The molecule has 3 aromatic rings. The first kappa shape index (κ1) is 13.3. The van der Waals surface area contributed by atoms with Crippen molar-refractivity contribution < 1.29 is 8.42 Å². The third-order valence-corrected chi connectivity index (χ3v) is 4.17. The molecule has 0 unspecified atom stereocenters. The zero-order chi connectivity index (χ0) is 15.0. The molecule has 21 heavy (non-hydrogen) atoms. The van der Waals surface area contributed by atoms with Crippen molar-refractivity contribution in [1.82, 2.24) is 14.6 Å². The number of nitrogens with zero attached hydrogens (tertiary/aromatic N) is 4. The SMILES string of the molecule is CS(=O)(=O)c1cccc(-c2nnc3cc(C#N)ccn23)c1. The molecule has 2 aromatic heterocycles. The number of nitriles is 1. The highest BCUT2D eigenvalue weighted by atomic mass is 32.2. The Kier molecular flexibility index (Phi) is 2.96. The minimum Gasteiger partial charge on any atom is -0.282 e. The van der Waals surface area contributed by atoms with Crippen LogP contribution in [-0.2, 0) is 9.84 Å². The van der Waals surface area contributed by atoms with Crippen molar-refractivity contribution in [3.8, 4) is 17.5 Å². The van der Waals surface area contributed by atoms with Crippen molar-refractivity contribution in [2.45, 2.75) is 4.90 Å². The molecule has 0 radical (unpaired) electrons. The highest BCUT2D eigenvalue weighted by Gasteiger charge is 2.12. The predicted octanol–water partition coefficient (Wildman–Crippen LogP) is 1.67. The molecule has 0 saturated heterocycles. The van der Waals surface area contributed by atoms with Crippen LogP contribution in [0.4, 0.5) is 0 Å². The summed E-state index contributed by atoms with van der Waals surface area (Å²) < 4.78 is 25.0. The number of benzene rings is 1. The third kappa shape index (κ3) is 2.37. The summed E-state index contributed by atoms with van der Waals surface area (Å²) in [5.74, 6) is 0.528. The van der Waals surface area contributed by atoms with Crippen molar-refractivity contribution in [2.24, 2.45) is 0 Å². The Balaban J connectivity index is 2.20. The molecule has 0 saturated carbocycles. The van der Waals surface area contributed by atoms with Gasteiger partial charge in [0.2, 0.25) is 0 Å². The smallest absolute Gasteiger partial charge is 0.175 e. The fourth-order valence-electron chi connectivity index (χ4n) is 2.02. The first-order valence-electron chi connectivity index (χ1n) is 6.04. The second kappa shape index (κ2) is 4.68. The van der Waals surface area contributed by atoms with E-state index in [1.165, 1.54) is 6.07 Å². The van der Waals surface area contributed by atoms with E-state index < -0.39 is 9.84 Å². The van der Waals surface area contributed by atoms with Gasteiger partial charge in [-0.25, -0.2) is 8.42 Å². The van der Waals surface area contributed by atoms with Crippen molar-refractivity contribution in [2.75, 3.05) is 6.26 Å². The molecular weight excluding hydrogens is 288 g/mol. The van der Waals surface area contributed by atoms with E-state index in [0.717, 1.165) is 6.26 Å². The minimum atomic E-state index is -3.28. The van der Waals surface area contributed by atoms with Gasteiger partial charge in [0.05, 0.1) is 16.5 Å². The van der Waals surface area contributed by atoms with E-state index in [2.05, 4.69) is 10.2 Å². The van der Waals surface area contributed by atoms with Crippen LogP contribution in [0.15, 0.2) is 47.5 Å². The monoisotopic (exact) mass is 298 g/mol. The number of aromatic nitrogens is 3. The maximum Gasteiger partial charge on any atom is 0.175 e. The van der Waals surface area contributed by atoms with E-state index in [-0.39, 0.29) is 4.90 Å². The molecule has 104 valence electrons. The molecule has 0 aliphatic rings. The van der Waals surface area contributed by atoms with Gasteiger partial charge in [-0.1, -0.05) is 12.1 Å². The van der Waals surface area contributed by atoms with Crippen LogP contribution in [0.3, 0.4) is 0 Å². The number of hydrogen-bond donors (Lipinski definition) is 0. The zero-order valence-corrected chi connectivity index (χ0v) is 11.9. The first-order valence-corrected chi connectivity index (χ1v) is 7.93. The van der Waals surface area contributed by atoms with E-state index in [0.29, 0.717) is 22.6 Å². The molecule has 0 amide bonds. The van der Waals surface area contributed by atoms with Crippen molar-refractivity contribution in [3.63, 3.8) is 0 Å². The van der Waals surface area contributed by atoms with Crippen LogP contribution in [0.1, 0.15) is 5.56 Å². The van der Waals surface area contributed by atoms with E-state index >= 15 is 0 Å². The summed E-state index contributed by atoms with van der Waals surface area (Å²) in [5.41, 5.74) is 1.68. The average molecular weight is 298 g/mol. The average Bonchev–Trinajstić information content (AvgIpc) is 2.89. The molecular formula is C14H10N4O2S. The molecule has 0 aliphatic heterocycles. The fraction of sp³-hybridized carbons (Fsp3) is 0.0714. The number of pyridine rings is 1. The summed E-state index contributed by atoms with van der Waals surface area (Å²) >= 11 is 0. The van der Waals surface area contributed by atoms with E-state index in [9.17, 15) is 8.42 Å². The summed E-state index contributed by atoms with van der Waals surface area (Å²) in [6, 6.07) is 11.8. The molecule has 0 N–H and O–H groups in total. The van der Waals surface area contributed by atoms with Crippen LogP contribution in [0, 0.1) is 11.3 Å². The third-order valence-electron chi connectivity index (χ3n) is 3.06. The van der Waals surface area contributed by atoms with Crippen LogP contribution < -0.4 is 0 Å². The van der Waals surface area contributed by atoms with Crippen LogP contribution in [0.5, 0.6) is 0 Å². The molecule has 7 heteroatoms. The van der Waals surface area contributed by atoms with E-state index in [1.54, 1.807) is 40.9 Å². The lowest BCUT2D eigenvalue weighted by atomic mass is 10.2. The normalized spacial score (nSPS) is 11.4. The largest absolute Gasteiger partial charge is 0.282 e. The Morgan fingerprint density at radius 3 is 2.71 bits per heavy atom. The molecule has 2 heterocycles. The van der Waals surface area contributed by atoms with Crippen LogP contribution in [0.25, 0.3) is 17.0 Å². The molecule has 0 spiro atoms. The maximum atomic E-state index is 11.6. The molecule has 0 fully saturated rings. The van der Waals surface area contributed by atoms with Gasteiger partial charge in [0.1, 0.15) is 0 Å². The standard InChI is InChI=1S/C14H10N4O2S/c1-21(19,20)12-4-2-3-11(8-12)14-17-16-13-7-10(9-15)5-6-18(13)14/h2-8H,1H3. The number of hydrogen-bond acceptors (Lipinski definition) is 5. The summed E-state index contributed by atoms with van der Waals surface area (Å²) in [4.78, 5) is 0.227. The summed E-state index contributed by atoms with van der Waals surface area (Å²) in [5, 5.41) is 17.0. The summed E-state index contributed by atoms with van der Waals surface area (Å²) in [6.07, 6.45) is 2.85. The van der Waals surface area contributed by atoms with Gasteiger partial charge in [0.15, 0.2) is 21.3 Å². The van der Waals surface area contributed by atoms with Crippen LogP contribution >= 0.6 is 0 Å². The quantitative estimate of drug-likeness (QED) is 0.718. The highest BCUT2D eigenvalue weighted by Crippen LogP contribution is 2.22. The van der Waals surface area contributed by atoms with E-state index in [4.69, 9.17) is 5.26 Å². The highest BCUT2D eigenvalue weighted by molar-refractivity contribution is 7.90. The Morgan fingerprint density at radius 1 is 1.19 bits per heavy atom. The predicted molar refractivity (Wildman–Crippen MR) is 76.2 cm³/mol. The lowest BCUT2D eigenvalue weighted by molar-refractivity contribution is 0.602. The van der Waals surface area contributed by atoms with Gasteiger partial charge >= 0.3 is 0 Å². The summed E-state index contributed by atoms with van der Waals surface area (Å²) in [7, 11) is -3.28. The first-order chi connectivity index (χ1) is 9.99. The number of sulfone groups is 1. The maximum absolute atomic E-state index is 11.6. The minimum absolute atomic E-state index is 0.227. The Hall–Kier alpha value is -2.72. The van der Waals surface area contributed by atoms with Gasteiger partial charge in [-0.3, -0.25) is 4.40 Å². The summed E-state index contributed by atoms with van der Waals surface area (Å²) in [6.45, 7) is 0. The topological polar surface area (TPSA) is 88.1 Å². The Morgan fingerprint density at radius 2 is 2.00 bits per heavy atom. The van der Waals surface area contributed by atoms with Crippen LogP contribution in [0.2, 0.25) is 0 Å². The van der Waals surface area contributed by atoms with Crippen molar-refractivity contribution >= 4 is 15.5 Å². The van der Waals surface area contributed by atoms with Gasteiger partial charge in [-0.05, 0) is 18.2 Å². The molecule has 0 aliphatic carbocycles. The van der Waals surface area contributed by atoms with Gasteiger partial charge in [0.25, 0.3) is 0 Å². The van der Waals surface area contributed by atoms with Gasteiger partial charge < -0.3 is 0 Å². The number of fused-ring (bicyclic) bond motifs is 1. The van der Waals surface area contributed by atoms with Gasteiger partial charge in [-0.15, -0.1) is 10.2 Å². The molecule has 1 aromatic carbocycles. The molecule has 3 rings (SSSR count). The molecule has 6 nitrogen and oxygen atoms in total. The zero-order valence-electron chi connectivity index (χ0n) is 11.1. The second-order valence-electron chi connectivity index (χ2n) is 4.58. The van der Waals surface area contributed by atoms with E-state index in [1.807, 2.05) is 6.07 Å². The molecule has 0 atom stereocenters. The van der Waals surface area contributed by atoms with Crippen molar-refractivity contribution in [1.29, 1.82) is 5.26 Å². The molecule has 0 bridgehead atoms. The van der Waals surface area contributed by atoms with Crippen LogP contribution in [-0.4, -0.2) is 29.3 Å². The lowest BCUT2D eigenvalue weighted by Gasteiger charge is -2.03. The fourth-order valence-corrected chi connectivity index (χ4v) is 2.69. The Bertz CT molecular complexity index is 984. The van der Waals surface area contributed by atoms with Gasteiger partial charge in [0, 0.05) is 24.1 Å². The lowest BCUT2D eigenvalue weighted by Crippen LogP contribution is -1.98. The number of rotatable bonds is 2. The Labute approximate surface area is 121 Å². The second-order valence-corrected chi connectivity index (χ2v) is 6.59. The van der Waals surface area contributed by atoms with Gasteiger partial charge in [-0.2, -0.15) is 5.26 Å². The van der Waals surface area contributed by atoms with Crippen molar-refractivity contribution in [3.05, 3.63) is 48.2 Å².